The lowest BCUT2D eigenvalue weighted by Crippen LogP contribution is -2.28. The molecule has 10 heteroatoms. The maximum absolute atomic E-state index is 13.6. The van der Waals surface area contributed by atoms with Crippen LogP contribution in [0.3, 0.4) is 0 Å². The van der Waals surface area contributed by atoms with Crippen LogP contribution in [-0.2, 0) is 11.3 Å². The first kappa shape index (κ1) is 25.2. The summed E-state index contributed by atoms with van der Waals surface area (Å²) in [6, 6.07) is 14.0. The third kappa shape index (κ3) is 5.33. The summed E-state index contributed by atoms with van der Waals surface area (Å²) in [4.78, 5) is 31.5. The normalized spacial score (nSPS) is 11.8. The molecule has 0 aliphatic heterocycles. The Bertz CT molecular complexity index is 1420. The van der Waals surface area contributed by atoms with E-state index in [1.165, 1.54) is 30.5 Å². The molecule has 1 N–H and O–H groups in total. The highest BCUT2D eigenvalue weighted by Crippen LogP contribution is 2.32. The van der Waals surface area contributed by atoms with Crippen LogP contribution in [0.15, 0.2) is 69.2 Å². The van der Waals surface area contributed by atoms with E-state index in [0.29, 0.717) is 51.2 Å². The van der Waals surface area contributed by atoms with Gasteiger partial charge in [0, 0.05) is 17.8 Å². The van der Waals surface area contributed by atoms with Crippen molar-refractivity contribution in [3.05, 3.63) is 70.9 Å². The smallest absolute Gasteiger partial charge is 0.262 e. The Morgan fingerprint density at radius 1 is 1.08 bits per heavy atom. The fourth-order valence-electron chi connectivity index (χ4n) is 3.69. The van der Waals surface area contributed by atoms with Crippen molar-refractivity contribution in [1.82, 2.24) is 9.55 Å². The predicted octanol–water partition coefficient (Wildman–Crippen LogP) is 4.57. The molecule has 0 aliphatic rings. The van der Waals surface area contributed by atoms with Gasteiger partial charge in [-0.2, -0.15) is 0 Å². The van der Waals surface area contributed by atoms with Crippen molar-refractivity contribution in [2.45, 2.75) is 30.3 Å². The summed E-state index contributed by atoms with van der Waals surface area (Å²) in [5.74, 6) is 1.91. The largest absolute Gasteiger partial charge is 0.497 e. The van der Waals surface area contributed by atoms with Crippen LogP contribution in [0.4, 0.5) is 5.69 Å². The van der Waals surface area contributed by atoms with Crippen LogP contribution in [0.2, 0.25) is 0 Å². The zero-order valence-corrected chi connectivity index (χ0v) is 21.3. The van der Waals surface area contributed by atoms with Crippen LogP contribution < -0.4 is 25.1 Å². The number of furan rings is 1. The Kier molecular flexibility index (Phi) is 7.84. The Morgan fingerprint density at radius 2 is 1.86 bits per heavy atom. The standard InChI is InChI=1S/C26H27N3O6S/c1-5-23(24(30)27-16-8-6-9-17(12-16)32-2)36-26-28-20-14-22(34-4)21(33-3)13-19(20)25(31)29(26)15-18-10-7-11-35-18/h6-14,23H,5,15H2,1-4H3,(H,27,30). The van der Waals surface area contributed by atoms with Gasteiger partial charge in [0.25, 0.3) is 5.56 Å². The molecule has 0 saturated heterocycles. The number of carbonyl (C=O) groups is 1. The molecular formula is C26H27N3O6S. The Balaban J connectivity index is 1.74. The van der Waals surface area contributed by atoms with E-state index in [-0.39, 0.29) is 18.0 Å². The Hall–Kier alpha value is -3.92. The third-order valence-corrected chi connectivity index (χ3v) is 6.92. The SMILES string of the molecule is CCC(Sc1nc2cc(OC)c(OC)cc2c(=O)n1Cc1ccco1)C(=O)Nc1cccc(OC)c1. The van der Waals surface area contributed by atoms with Gasteiger partial charge >= 0.3 is 0 Å². The molecule has 0 aliphatic carbocycles. The minimum atomic E-state index is -0.511. The predicted molar refractivity (Wildman–Crippen MR) is 138 cm³/mol. The summed E-state index contributed by atoms with van der Waals surface area (Å²) < 4.78 is 23.0. The van der Waals surface area contributed by atoms with Gasteiger partial charge in [-0.1, -0.05) is 24.8 Å². The molecule has 1 atom stereocenters. The quantitative estimate of drug-likeness (QED) is 0.245. The van der Waals surface area contributed by atoms with Gasteiger partial charge in [0.2, 0.25) is 5.91 Å². The summed E-state index contributed by atoms with van der Waals surface area (Å²) >= 11 is 1.22. The Labute approximate surface area is 212 Å². The highest BCUT2D eigenvalue weighted by Gasteiger charge is 2.23. The van der Waals surface area contributed by atoms with Gasteiger partial charge in [0.15, 0.2) is 16.7 Å². The van der Waals surface area contributed by atoms with E-state index in [0.717, 1.165) is 0 Å². The number of anilines is 1. The molecule has 0 radical (unpaired) electrons. The molecule has 2 heterocycles. The lowest BCUT2D eigenvalue weighted by molar-refractivity contribution is -0.115. The van der Waals surface area contributed by atoms with Crippen LogP contribution >= 0.6 is 11.8 Å². The fraction of sp³-hybridized carbons (Fsp3) is 0.269. The molecule has 0 spiro atoms. The van der Waals surface area contributed by atoms with E-state index in [1.54, 1.807) is 61.9 Å². The first-order valence-corrected chi connectivity index (χ1v) is 12.2. The van der Waals surface area contributed by atoms with Crippen LogP contribution in [0, 0.1) is 0 Å². The average Bonchev–Trinajstić information content (AvgIpc) is 3.41. The van der Waals surface area contributed by atoms with Crippen molar-refractivity contribution in [1.29, 1.82) is 0 Å². The second kappa shape index (κ2) is 11.2. The lowest BCUT2D eigenvalue weighted by Gasteiger charge is -2.18. The van der Waals surface area contributed by atoms with Gasteiger partial charge in [0.05, 0.1) is 50.3 Å². The lowest BCUT2D eigenvalue weighted by atomic mass is 10.2. The van der Waals surface area contributed by atoms with Crippen LogP contribution in [0.25, 0.3) is 10.9 Å². The summed E-state index contributed by atoms with van der Waals surface area (Å²) in [6.45, 7) is 2.08. The number of rotatable bonds is 10. The van der Waals surface area contributed by atoms with Crippen molar-refractivity contribution in [2.75, 3.05) is 26.6 Å². The van der Waals surface area contributed by atoms with Crippen molar-refractivity contribution in [2.24, 2.45) is 0 Å². The van der Waals surface area contributed by atoms with E-state index in [2.05, 4.69) is 5.32 Å². The monoisotopic (exact) mass is 509 g/mol. The first-order chi connectivity index (χ1) is 17.5. The molecule has 2 aromatic heterocycles. The van der Waals surface area contributed by atoms with Crippen molar-refractivity contribution >= 4 is 34.3 Å². The molecule has 4 aromatic rings. The zero-order chi connectivity index (χ0) is 25.7. The number of benzene rings is 2. The number of carbonyl (C=O) groups excluding carboxylic acids is 1. The molecule has 4 rings (SSSR count). The second-order valence-electron chi connectivity index (χ2n) is 7.83. The highest BCUT2D eigenvalue weighted by atomic mass is 32.2. The summed E-state index contributed by atoms with van der Waals surface area (Å²) in [6.07, 6.45) is 2.06. The molecular weight excluding hydrogens is 482 g/mol. The van der Waals surface area contributed by atoms with Crippen LogP contribution in [0.5, 0.6) is 17.2 Å². The van der Waals surface area contributed by atoms with E-state index >= 15 is 0 Å². The zero-order valence-electron chi connectivity index (χ0n) is 20.4. The van der Waals surface area contributed by atoms with Crippen LogP contribution in [0.1, 0.15) is 19.1 Å². The number of nitrogens with one attached hydrogen (secondary N) is 1. The molecule has 1 unspecified atom stereocenters. The number of hydrogen-bond acceptors (Lipinski definition) is 8. The van der Waals surface area contributed by atoms with Crippen molar-refractivity contribution < 1.29 is 23.4 Å². The Morgan fingerprint density at radius 3 is 2.53 bits per heavy atom. The summed E-state index contributed by atoms with van der Waals surface area (Å²) in [5.41, 5.74) is 0.788. The number of nitrogens with zero attached hydrogens (tertiary/aromatic N) is 2. The number of fused-ring (bicyclic) bond motifs is 1. The second-order valence-corrected chi connectivity index (χ2v) is 9.00. The van der Waals surface area contributed by atoms with Crippen molar-refractivity contribution in [3.8, 4) is 17.2 Å². The topological polar surface area (TPSA) is 105 Å². The average molecular weight is 510 g/mol. The maximum Gasteiger partial charge on any atom is 0.262 e. The van der Waals surface area contributed by atoms with Crippen molar-refractivity contribution in [3.63, 3.8) is 0 Å². The van der Waals surface area contributed by atoms with E-state index < -0.39 is 5.25 Å². The molecule has 0 fully saturated rings. The van der Waals surface area contributed by atoms with E-state index in [4.69, 9.17) is 23.6 Å². The fourth-order valence-corrected chi connectivity index (χ4v) is 4.70. The summed E-state index contributed by atoms with van der Waals surface area (Å²) in [7, 11) is 4.60. The number of amides is 1. The minimum absolute atomic E-state index is 0.166. The van der Waals surface area contributed by atoms with Gasteiger partial charge in [-0.25, -0.2) is 4.98 Å². The van der Waals surface area contributed by atoms with E-state index in [9.17, 15) is 9.59 Å². The molecule has 36 heavy (non-hydrogen) atoms. The molecule has 2 aromatic carbocycles. The van der Waals surface area contributed by atoms with Gasteiger partial charge in [-0.15, -0.1) is 0 Å². The number of thioether (sulfide) groups is 1. The third-order valence-electron chi connectivity index (χ3n) is 5.57. The molecule has 9 nitrogen and oxygen atoms in total. The number of hydrogen-bond donors (Lipinski definition) is 1. The molecule has 0 saturated carbocycles. The summed E-state index contributed by atoms with van der Waals surface area (Å²) in [5, 5.41) is 3.18. The number of methoxy groups -OCH3 is 3. The van der Waals surface area contributed by atoms with Gasteiger partial charge in [-0.3, -0.25) is 14.2 Å². The molecule has 1 amide bonds. The maximum atomic E-state index is 13.6. The van der Waals surface area contributed by atoms with Gasteiger partial charge in [0.1, 0.15) is 11.5 Å². The van der Waals surface area contributed by atoms with E-state index in [1.807, 2.05) is 6.92 Å². The molecule has 0 bridgehead atoms. The van der Waals surface area contributed by atoms with Gasteiger partial charge < -0.3 is 23.9 Å². The van der Waals surface area contributed by atoms with Crippen LogP contribution in [-0.4, -0.2) is 42.0 Å². The highest BCUT2D eigenvalue weighted by molar-refractivity contribution is 8.00. The first-order valence-electron chi connectivity index (χ1n) is 11.3. The minimum Gasteiger partial charge on any atom is -0.497 e. The molecule has 188 valence electrons. The number of aromatic nitrogens is 2. The number of ether oxygens (including phenoxy) is 3. The van der Waals surface area contributed by atoms with Gasteiger partial charge in [-0.05, 0) is 36.8 Å².